The van der Waals surface area contributed by atoms with E-state index in [1.165, 1.54) is 0 Å². The van der Waals surface area contributed by atoms with Crippen molar-refractivity contribution in [1.29, 1.82) is 0 Å². The number of pyridine rings is 1. The van der Waals surface area contributed by atoms with E-state index in [9.17, 15) is 0 Å². The Hall–Kier alpha value is -0.840. The highest BCUT2D eigenvalue weighted by Gasteiger charge is 2.16. The van der Waals surface area contributed by atoms with Crippen LogP contribution in [0.1, 0.15) is 32.0 Å². The first-order chi connectivity index (χ1) is 9.56. The van der Waals surface area contributed by atoms with Gasteiger partial charge in [0.25, 0.3) is 0 Å². The van der Waals surface area contributed by atoms with Gasteiger partial charge in [0, 0.05) is 19.3 Å². The lowest BCUT2D eigenvalue weighted by atomic mass is 10.4. The molecule has 1 unspecified atom stereocenters. The molecule has 0 aliphatic carbocycles. The van der Waals surface area contributed by atoms with Crippen LogP contribution in [0.5, 0.6) is 0 Å². The lowest BCUT2D eigenvalue weighted by molar-refractivity contribution is 0.290. The van der Waals surface area contributed by atoms with Gasteiger partial charge >= 0.3 is 0 Å². The van der Waals surface area contributed by atoms with Crippen molar-refractivity contribution >= 4 is 34.4 Å². The van der Waals surface area contributed by atoms with Crippen LogP contribution in [0.2, 0.25) is 5.02 Å². The fourth-order valence-corrected chi connectivity index (χ4v) is 2.63. The molecule has 0 aliphatic rings. The first-order valence-corrected chi connectivity index (χ1v) is 7.76. The summed E-state index contributed by atoms with van der Waals surface area (Å²) in [5.74, 6) is 0.851. The molecule has 1 atom stereocenters. The molecule has 0 spiro atoms. The molecule has 0 amide bonds. The van der Waals surface area contributed by atoms with Gasteiger partial charge in [-0.3, -0.25) is 0 Å². The molecule has 4 nitrogen and oxygen atoms in total. The molecular weight excluding hydrogens is 295 g/mol. The second-order valence-corrected chi connectivity index (χ2v) is 5.85. The number of hydrogen-bond acceptors (Lipinski definition) is 3. The maximum absolute atomic E-state index is 6.24. The van der Waals surface area contributed by atoms with Gasteiger partial charge in [0.2, 0.25) is 0 Å². The fraction of sp³-hybridized carbons (Fsp3) is 0.571. The van der Waals surface area contributed by atoms with Crippen LogP contribution < -0.4 is 0 Å². The molecular formula is C14H20Cl2N4. The molecule has 0 radical (unpaired) electrons. The second kappa shape index (κ2) is 6.74. The number of fused-ring (bicyclic) bond motifs is 1. The smallest absolute Gasteiger partial charge is 0.160 e. The summed E-state index contributed by atoms with van der Waals surface area (Å²) >= 11 is 12.2. The fourth-order valence-electron chi connectivity index (χ4n) is 2.31. The zero-order chi connectivity index (χ0) is 14.7. The molecule has 2 heterocycles. The largest absolute Gasteiger partial charge is 0.310 e. The Balaban J connectivity index is 2.36. The topological polar surface area (TPSA) is 34.0 Å². The van der Waals surface area contributed by atoms with Crippen LogP contribution in [0, 0.1) is 0 Å². The van der Waals surface area contributed by atoms with Crippen molar-refractivity contribution < 1.29 is 0 Å². The van der Waals surface area contributed by atoms with Crippen LogP contribution in [0.3, 0.4) is 0 Å². The van der Waals surface area contributed by atoms with Gasteiger partial charge in [-0.15, -0.1) is 11.6 Å². The van der Waals surface area contributed by atoms with Gasteiger partial charge in [0.05, 0.1) is 10.4 Å². The highest BCUT2D eigenvalue weighted by molar-refractivity contribution is 6.31. The minimum Gasteiger partial charge on any atom is -0.310 e. The van der Waals surface area contributed by atoms with E-state index in [0.29, 0.717) is 5.02 Å². The van der Waals surface area contributed by atoms with Crippen LogP contribution in [0.4, 0.5) is 0 Å². The Kier molecular flexibility index (Phi) is 5.24. The summed E-state index contributed by atoms with van der Waals surface area (Å²) in [4.78, 5) is 11.3. The summed E-state index contributed by atoms with van der Waals surface area (Å²) in [5, 5.41) is 0.444. The van der Waals surface area contributed by atoms with Crippen molar-refractivity contribution in [2.24, 2.45) is 0 Å². The lowest BCUT2D eigenvalue weighted by Crippen LogP contribution is -2.27. The van der Waals surface area contributed by atoms with Crippen molar-refractivity contribution in [3.63, 3.8) is 0 Å². The van der Waals surface area contributed by atoms with Gasteiger partial charge < -0.3 is 9.47 Å². The molecule has 0 aliphatic heterocycles. The van der Waals surface area contributed by atoms with Crippen LogP contribution in [0.15, 0.2) is 12.3 Å². The Bertz CT molecular complexity index is 576. The van der Waals surface area contributed by atoms with Gasteiger partial charge in [0.15, 0.2) is 5.65 Å². The third-order valence-electron chi connectivity index (χ3n) is 3.47. The number of aromatic nitrogens is 3. The number of rotatable bonds is 6. The van der Waals surface area contributed by atoms with Gasteiger partial charge in [-0.2, -0.15) is 0 Å². The Morgan fingerprint density at radius 2 is 2.05 bits per heavy atom. The van der Waals surface area contributed by atoms with E-state index in [4.69, 9.17) is 23.2 Å². The zero-order valence-corrected chi connectivity index (χ0v) is 13.6. The molecule has 2 aromatic heterocycles. The van der Waals surface area contributed by atoms with E-state index >= 15 is 0 Å². The van der Waals surface area contributed by atoms with Crippen molar-refractivity contribution in [1.82, 2.24) is 19.4 Å². The molecule has 0 bridgehead atoms. The molecule has 0 fully saturated rings. The number of alkyl halides is 1. The molecule has 0 aromatic carbocycles. The molecule has 2 rings (SSSR count). The molecule has 0 saturated heterocycles. The Morgan fingerprint density at radius 3 is 2.65 bits per heavy atom. The van der Waals surface area contributed by atoms with E-state index in [1.54, 1.807) is 6.20 Å². The van der Waals surface area contributed by atoms with E-state index < -0.39 is 0 Å². The minimum atomic E-state index is -0.153. The quantitative estimate of drug-likeness (QED) is 0.762. The zero-order valence-electron chi connectivity index (χ0n) is 12.1. The van der Waals surface area contributed by atoms with Gasteiger partial charge in [0.1, 0.15) is 11.3 Å². The monoisotopic (exact) mass is 314 g/mol. The van der Waals surface area contributed by atoms with E-state index in [1.807, 2.05) is 13.0 Å². The van der Waals surface area contributed by atoms with Crippen LogP contribution in [0.25, 0.3) is 11.2 Å². The van der Waals surface area contributed by atoms with E-state index in [0.717, 1.165) is 43.2 Å². The van der Waals surface area contributed by atoms with Gasteiger partial charge in [-0.1, -0.05) is 25.4 Å². The summed E-state index contributed by atoms with van der Waals surface area (Å²) in [6.45, 7) is 10.1. The van der Waals surface area contributed by atoms with Crippen molar-refractivity contribution in [3.05, 3.63) is 23.1 Å². The highest BCUT2D eigenvalue weighted by atomic mass is 35.5. The molecule has 110 valence electrons. The maximum atomic E-state index is 6.24. The number of nitrogens with zero attached hydrogens (tertiary/aromatic N) is 4. The standard InChI is InChI=1S/C14H20Cl2N4/c1-4-19(5-2)6-7-20-13(10(3)15)18-12-8-11(16)9-17-14(12)20/h8-10H,4-7H2,1-3H3. The average Bonchev–Trinajstić information content (AvgIpc) is 2.78. The molecule has 2 aromatic rings. The third-order valence-corrected chi connectivity index (χ3v) is 3.87. The van der Waals surface area contributed by atoms with Crippen LogP contribution in [-0.4, -0.2) is 39.1 Å². The average molecular weight is 315 g/mol. The predicted molar refractivity (Wildman–Crippen MR) is 84.6 cm³/mol. The SMILES string of the molecule is CCN(CC)CCn1c(C(C)Cl)nc2cc(Cl)cnc21. The van der Waals surface area contributed by atoms with E-state index in [-0.39, 0.29) is 5.38 Å². The lowest BCUT2D eigenvalue weighted by Gasteiger charge is -2.19. The van der Waals surface area contributed by atoms with E-state index in [2.05, 4.69) is 33.3 Å². The first kappa shape index (κ1) is 15.5. The summed E-state index contributed by atoms with van der Waals surface area (Å²) in [5.41, 5.74) is 1.66. The summed E-state index contributed by atoms with van der Waals surface area (Å²) in [6.07, 6.45) is 1.65. The van der Waals surface area contributed by atoms with Crippen molar-refractivity contribution in [2.45, 2.75) is 32.7 Å². The Labute approximate surface area is 129 Å². The van der Waals surface area contributed by atoms with Crippen LogP contribution in [-0.2, 0) is 6.54 Å². The third kappa shape index (κ3) is 3.25. The van der Waals surface area contributed by atoms with Crippen LogP contribution >= 0.6 is 23.2 Å². The number of halogens is 2. The van der Waals surface area contributed by atoms with Gasteiger partial charge in [-0.05, 0) is 26.1 Å². The maximum Gasteiger partial charge on any atom is 0.160 e. The van der Waals surface area contributed by atoms with Crippen molar-refractivity contribution in [2.75, 3.05) is 19.6 Å². The summed E-state index contributed by atoms with van der Waals surface area (Å²) in [6, 6.07) is 1.83. The molecule has 20 heavy (non-hydrogen) atoms. The first-order valence-electron chi connectivity index (χ1n) is 6.94. The van der Waals surface area contributed by atoms with Crippen molar-refractivity contribution in [3.8, 4) is 0 Å². The molecule has 0 N–H and O–H groups in total. The number of hydrogen-bond donors (Lipinski definition) is 0. The molecule has 6 heteroatoms. The predicted octanol–water partition coefficient (Wildman–Crippen LogP) is 3.73. The second-order valence-electron chi connectivity index (χ2n) is 4.76. The number of likely N-dealkylation sites (N-methyl/N-ethyl adjacent to an activating group) is 1. The highest BCUT2D eigenvalue weighted by Crippen LogP contribution is 2.24. The Morgan fingerprint density at radius 1 is 1.35 bits per heavy atom. The summed E-state index contributed by atoms with van der Waals surface area (Å²) < 4.78 is 2.10. The molecule has 0 saturated carbocycles. The normalized spacial score (nSPS) is 13.3. The number of imidazole rings is 1. The van der Waals surface area contributed by atoms with Gasteiger partial charge in [-0.25, -0.2) is 9.97 Å². The summed E-state index contributed by atoms with van der Waals surface area (Å²) in [7, 11) is 0. The minimum absolute atomic E-state index is 0.153.